The van der Waals surface area contributed by atoms with Crippen molar-refractivity contribution in [2.75, 3.05) is 15.5 Å². The van der Waals surface area contributed by atoms with Gasteiger partial charge in [0.15, 0.2) is 0 Å². The summed E-state index contributed by atoms with van der Waals surface area (Å²) in [6, 6.07) is 4.44. The van der Waals surface area contributed by atoms with Crippen molar-refractivity contribution < 1.29 is 9.18 Å². The third-order valence-corrected chi connectivity index (χ3v) is 5.36. The number of aromatic nitrogens is 2. The number of para-hydroxylation sites is 1. The Bertz CT molecular complexity index is 868. The Morgan fingerprint density at radius 1 is 1.30 bits per heavy atom. The second kappa shape index (κ2) is 6.77. The number of aryl methyl sites for hydroxylation is 1. The molecular weight excluding hydrogens is 347 g/mol. The molecule has 2 amide bonds. The molecule has 4 rings (SSSR count). The fourth-order valence-corrected chi connectivity index (χ4v) is 4.09. The first-order valence-electron chi connectivity index (χ1n) is 9.18. The number of rotatable bonds is 2. The fourth-order valence-electron chi connectivity index (χ4n) is 4.09. The molecule has 2 atom stereocenters. The van der Waals surface area contributed by atoms with Gasteiger partial charge in [0.25, 0.3) is 0 Å². The Morgan fingerprint density at radius 3 is 2.85 bits per heavy atom. The molecule has 1 saturated carbocycles. The van der Waals surface area contributed by atoms with Crippen LogP contribution < -0.4 is 21.3 Å². The summed E-state index contributed by atoms with van der Waals surface area (Å²) in [6.07, 6.45) is 4.99. The van der Waals surface area contributed by atoms with Gasteiger partial charge in [-0.05, 0) is 44.2 Å². The largest absolute Gasteiger partial charge is 0.368 e. The summed E-state index contributed by atoms with van der Waals surface area (Å²) in [6.45, 7) is 1.99. The third kappa shape index (κ3) is 3.10. The van der Waals surface area contributed by atoms with Gasteiger partial charge in [-0.15, -0.1) is 0 Å². The summed E-state index contributed by atoms with van der Waals surface area (Å²) in [5.41, 5.74) is 13.7. The minimum absolute atomic E-state index is 0.0322. The van der Waals surface area contributed by atoms with Crippen molar-refractivity contribution in [3.05, 3.63) is 41.3 Å². The van der Waals surface area contributed by atoms with Gasteiger partial charge in [0.05, 0.1) is 12.2 Å². The van der Waals surface area contributed by atoms with E-state index >= 15 is 0 Å². The first-order chi connectivity index (χ1) is 13.0. The van der Waals surface area contributed by atoms with Gasteiger partial charge in [0, 0.05) is 23.8 Å². The lowest BCUT2D eigenvalue weighted by Crippen LogP contribution is -2.55. The molecule has 1 fully saturated rings. The van der Waals surface area contributed by atoms with E-state index in [0.717, 1.165) is 24.8 Å². The van der Waals surface area contributed by atoms with Crippen molar-refractivity contribution in [3.63, 3.8) is 0 Å². The smallest absolute Gasteiger partial charge is 0.330 e. The highest BCUT2D eigenvalue weighted by atomic mass is 19.1. The Kier molecular flexibility index (Phi) is 4.43. The molecular formula is C19H23FN6O. The summed E-state index contributed by atoms with van der Waals surface area (Å²) in [7, 11) is 0. The van der Waals surface area contributed by atoms with Crippen LogP contribution in [0.2, 0.25) is 0 Å². The van der Waals surface area contributed by atoms with Gasteiger partial charge in [-0.3, -0.25) is 9.80 Å². The van der Waals surface area contributed by atoms with E-state index < -0.39 is 5.82 Å². The summed E-state index contributed by atoms with van der Waals surface area (Å²) in [4.78, 5) is 25.0. The number of hydrogen-bond acceptors (Lipinski definition) is 5. The molecule has 2 aliphatic rings. The van der Waals surface area contributed by atoms with Crippen molar-refractivity contribution in [2.45, 2.75) is 51.2 Å². The summed E-state index contributed by atoms with van der Waals surface area (Å²) in [5, 5.41) is 0. The molecule has 27 heavy (non-hydrogen) atoms. The molecule has 0 bridgehead atoms. The van der Waals surface area contributed by atoms with Crippen LogP contribution in [0.25, 0.3) is 0 Å². The molecule has 1 aromatic heterocycles. The summed E-state index contributed by atoms with van der Waals surface area (Å²) < 4.78 is 14.6. The van der Waals surface area contributed by atoms with Gasteiger partial charge in [-0.2, -0.15) is 4.98 Å². The number of nitrogens with two attached hydrogens (primary N) is 2. The van der Waals surface area contributed by atoms with Crippen LogP contribution in [0.15, 0.2) is 24.4 Å². The van der Waals surface area contributed by atoms with Crippen LogP contribution in [0.5, 0.6) is 0 Å². The second-order valence-electron chi connectivity index (χ2n) is 7.30. The van der Waals surface area contributed by atoms with E-state index in [0.29, 0.717) is 17.8 Å². The minimum Gasteiger partial charge on any atom is -0.368 e. The molecule has 1 aromatic carbocycles. The van der Waals surface area contributed by atoms with E-state index in [1.165, 1.54) is 11.0 Å². The average Bonchev–Trinajstić information content (AvgIpc) is 2.62. The van der Waals surface area contributed by atoms with E-state index in [-0.39, 0.29) is 36.3 Å². The molecule has 1 aliphatic carbocycles. The SMILES string of the molecule is Cc1cccc(F)c1N1Cc2cnc(N)nc2N(C2CCCC(N)C2)C1=O. The third-order valence-electron chi connectivity index (χ3n) is 5.36. The van der Waals surface area contributed by atoms with Gasteiger partial charge in [-0.1, -0.05) is 12.1 Å². The van der Waals surface area contributed by atoms with Crippen LogP contribution in [0.3, 0.4) is 0 Å². The normalized spacial score (nSPS) is 22.7. The van der Waals surface area contributed by atoms with Crippen molar-refractivity contribution in [1.29, 1.82) is 0 Å². The number of carbonyl (C=O) groups excluding carboxylic acids is 1. The highest BCUT2D eigenvalue weighted by Gasteiger charge is 2.39. The molecule has 0 radical (unpaired) electrons. The van der Waals surface area contributed by atoms with Crippen molar-refractivity contribution >= 4 is 23.5 Å². The Labute approximate surface area is 157 Å². The number of fused-ring (bicyclic) bond motifs is 1. The molecule has 2 unspecified atom stereocenters. The van der Waals surface area contributed by atoms with Gasteiger partial charge in [0.1, 0.15) is 11.6 Å². The molecule has 4 N–H and O–H groups in total. The highest BCUT2D eigenvalue weighted by molar-refractivity contribution is 6.06. The van der Waals surface area contributed by atoms with Crippen LogP contribution in [-0.2, 0) is 6.54 Å². The lowest BCUT2D eigenvalue weighted by Gasteiger charge is -2.42. The maximum atomic E-state index is 14.6. The van der Waals surface area contributed by atoms with Gasteiger partial charge in [-0.25, -0.2) is 14.2 Å². The monoisotopic (exact) mass is 370 g/mol. The summed E-state index contributed by atoms with van der Waals surface area (Å²) >= 11 is 0. The zero-order chi connectivity index (χ0) is 19.1. The Morgan fingerprint density at radius 2 is 2.11 bits per heavy atom. The molecule has 2 heterocycles. The maximum absolute atomic E-state index is 14.6. The first-order valence-corrected chi connectivity index (χ1v) is 9.18. The van der Waals surface area contributed by atoms with Gasteiger partial charge in [0.2, 0.25) is 5.95 Å². The number of anilines is 3. The van der Waals surface area contributed by atoms with Gasteiger partial charge < -0.3 is 11.5 Å². The van der Waals surface area contributed by atoms with Crippen molar-refractivity contribution in [2.24, 2.45) is 5.73 Å². The number of hydrogen-bond donors (Lipinski definition) is 2. The van der Waals surface area contributed by atoms with E-state index in [4.69, 9.17) is 11.5 Å². The van der Waals surface area contributed by atoms with E-state index in [1.54, 1.807) is 30.2 Å². The number of halogens is 1. The number of benzene rings is 1. The van der Waals surface area contributed by atoms with Crippen LogP contribution in [-0.4, -0.2) is 28.1 Å². The minimum atomic E-state index is -0.427. The van der Waals surface area contributed by atoms with E-state index in [9.17, 15) is 9.18 Å². The average molecular weight is 370 g/mol. The van der Waals surface area contributed by atoms with Crippen molar-refractivity contribution in [3.8, 4) is 0 Å². The lowest BCUT2D eigenvalue weighted by atomic mass is 9.90. The van der Waals surface area contributed by atoms with Crippen molar-refractivity contribution in [1.82, 2.24) is 9.97 Å². The van der Waals surface area contributed by atoms with E-state index in [1.807, 2.05) is 0 Å². The lowest BCUT2D eigenvalue weighted by molar-refractivity contribution is 0.243. The number of nitrogen functional groups attached to an aromatic ring is 1. The molecule has 1 aliphatic heterocycles. The number of urea groups is 1. The van der Waals surface area contributed by atoms with Gasteiger partial charge >= 0.3 is 6.03 Å². The second-order valence-corrected chi connectivity index (χ2v) is 7.30. The Balaban J connectivity index is 1.81. The predicted octanol–water partition coefficient (Wildman–Crippen LogP) is 2.72. The number of nitrogens with zero attached hydrogens (tertiary/aromatic N) is 4. The fraction of sp³-hybridized carbons (Fsp3) is 0.421. The molecule has 7 nitrogen and oxygen atoms in total. The van der Waals surface area contributed by atoms with E-state index in [2.05, 4.69) is 9.97 Å². The number of amides is 2. The van der Waals surface area contributed by atoms with Crippen LogP contribution in [0.4, 0.5) is 26.6 Å². The summed E-state index contributed by atoms with van der Waals surface area (Å²) in [5.74, 6) is 0.197. The van der Waals surface area contributed by atoms with Crippen LogP contribution in [0, 0.1) is 12.7 Å². The number of carbonyl (C=O) groups is 1. The van der Waals surface area contributed by atoms with Crippen LogP contribution in [0.1, 0.15) is 36.8 Å². The predicted molar refractivity (Wildman–Crippen MR) is 102 cm³/mol. The molecule has 2 aromatic rings. The molecule has 0 saturated heterocycles. The molecule has 0 spiro atoms. The zero-order valence-electron chi connectivity index (χ0n) is 15.2. The quantitative estimate of drug-likeness (QED) is 0.846. The topological polar surface area (TPSA) is 101 Å². The standard InChI is InChI=1S/C19H23FN6O/c1-11-4-2-7-15(20)16(11)25-10-12-9-23-18(22)24-17(12)26(19(25)27)14-6-3-5-13(21)8-14/h2,4,7,9,13-14H,3,5-6,8,10,21H2,1H3,(H2,22,23,24). The zero-order valence-corrected chi connectivity index (χ0v) is 15.2. The Hall–Kier alpha value is -2.74. The maximum Gasteiger partial charge on any atom is 0.330 e. The molecule has 142 valence electrons. The first kappa shape index (κ1) is 17.7. The molecule has 8 heteroatoms. The van der Waals surface area contributed by atoms with Crippen LogP contribution >= 0.6 is 0 Å². The highest BCUT2D eigenvalue weighted by Crippen LogP contribution is 2.37.